The summed E-state index contributed by atoms with van der Waals surface area (Å²) in [5.74, 6) is 0. The first-order valence-corrected chi connectivity index (χ1v) is 0.638. The molecular weight excluding hydrogens is 105 g/mol. The third-order valence-corrected chi connectivity index (χ3v) is 0.0393. The predicted octanol–water partition coefficient (Wildman–Crippen LogP) is -8.82. The molecule has 0 aromatic heterocycles. The summed E-state index contributed by atoms with van der Waals surface area (Å²) in [6.07, 6.45) is 0. The summed E-state index contributed by atoms with van der Waals surface area (Å²) in [5.41, 5.74) is 0. The second-order valence-electron chi connectivity index (χ2n) is 0.192. The molecular formula is BNa2O3. The third-order valence-electron chi connectivity index (χ3n) is 0.0393. The van der Waals surface area contributed by atoms with Crippen molar-refractivity contribution in [2.75, 3.05) is 0 Å². The largest absolute Gasteiger partial charge is 1.00 e. The van der Waals surface area contributed by atoms with Crippen LogP contribution in [0.3, 0.4) is 0 Å². The van der Waals surface area contributed by atoms with Crippen LogP contribution in [0.1, 0.15) is 0 Å². The molecule has 0 aliphatic carbocycles. The van der Waals surface area contributed by atoms with Gasteiger partial charge in [-0.15, -0.1) is 0 Å². The van der Waals surface area contributed by atoms with E-state index >= 15 is 0 Å². The van der Waals surface area contributed by atoms with Crippen LogP contribution in [0.2, 0.25) is 0 Å². The maximum atomic E-state index is 8.64. The molecule has 0 saturated heterocycles. The Kier molecular flexibility index (Phi) is 41.2. The first-order chi connectivity index (χ1) is 1.91. The van der Waals surface area contributed by atoms with E-state index in [1.165, 1.54) is 0 Å². The van der Waals surface area contributed by atoms with Crippen molar-refractivity contribution in [1.82, 2.24) is 0 Å². The average Bonchev–Trinajstić information content (AvgIpc) is 1.37. The molecule has 0 heterocycles. The van der Waals surface area contributed by atoms with Crippen molar-refractivity contribution in [2.24, 2.45) is 0 Å². The van der Waals surface area contributed by atoms with Gasteiger partial charge >= 0.3 is 59.1 Å². The van der Waals surface area contributed by atoms with Crippen LogP contribution in [0, 0.1) is 0 Å². The van der Waals surface area contributed by atoms with E-state index in [0.29, 0.717) is 0 Å². The van der Waals surface area contributed by atoms with Crippen LogP contribution in [0.25, 0.3) is 0 Å². The fraction of sp³-hybridized carbons (Fsp3) is 0. The maximum Gasteiger partial charge on any atom is 1.00 e. The first kappa shape index (κ1) is 15.7. The Morgan fingerprint density at radius 2 is 1.50 bits per heavy atom. The van der Waals surface area contributed by atoms with Gasteiger partial charge in [0.15, 0.2) is 0 Å². The van der Waals surface area contributed by atoms with Gasteiger partial charge < -0.3 is 15.1 Å². The van der Waals surface area contributed by atoms with Crippen LogP contribution >= 0.6 is 0 Å². The Labute approximate surface area is 80.9 Å². The van der Waals surface area contributed by atoms with Gasteiger partial charge in [-0.25, -0.2) is 0 Å². The molecule has 23 valence electrons. The minimum atomic E-state index is -0.181. The second kappa shape index (κ2) is 15.8. The van der Waals surface area contributed by atoms with Gasteiger partial charge in [0.05, 0.1) is 0 Å². The topological polar surface area (TPSA) is 55.3 Å². The minimum Gasteiger partial charge on any atom is -0.862 e. The van der Waals surface area contributed by atoms with Crippen LogP contribution in [-0.2, 0) is 4.81 Å². The predicted molar refractivity (Wildman–Crippen MR) is 6.84 cm³/mol. The van der Waals surface area contributed by atoms with E-state index in [4.69, 9.17) is 10.3 Å². The van der Waals surface area contributed by atoms with Gasteiger partial charge in [-0.2, -0.15) is 0 Å². The quantitative estimate of drug-likeness (QED) is 0.189. The van der Waals surface area contributed by atoms with Crippen molar-refractivity contribution in [3.8, 4) is 0 Å². The monoisotopic (exact) mass is 105 g/mol. The van der Waals surface area contributed by atoms with Crippen LogP contribution in [-0.4, -0.2) is 7.69 Å². The molecule has 0 aliphatic rings. The van der Waals surface area contributed by atoms with Crippen molar-refractivity contribution in [3.05, 3.63) is 0 Å². The Bertz CT molecular complexity index is 10.8. The summed E-state index contributed by atoms with van der Waals surface area (Å²) < 4.78 is 0. The van der Waals surface area contributed by atoms with Gasteiger partial charge in [0, 0.05) is 0 Å². The summed E-state index contributed by atoms with van der Waals surface area (Å²) in [5, 5.41) is 17.1. The molecule has 6 heteroatoms. The molecule has 0 aromatic carbocycles. The van der Waals surface area contributed by atoms with Gasteiger partial charge in [0.1, 0.15) is 7.69 Å². The molecule has 0 bridgehead atoms. The Morgan fingerprint density at radius 1 is 1.33 bits per heavy atom. The van der Waals surface area contributed by atoms with E-state index in [1.807, 2.05) is 0 Å². The molecule has 6 heavy (non-hydrogen) atoms. The van der Waals surface area contributed by atoms with Crippen LogP contribution in [0.5, 0.6) is 0 Å². The van der Waals surface area contributed by atoms with E-state index in [1.54, 1.807) is 0 Å². The molecule has 0 fully saturated rings. The third kappa shape index (κ3) is 16.8. The summed E-state index contributed by atoms with van der Waals surface area (Å²) in [6.45, 7) is 0. The summed E-state index contributed by atoms with van der Waals surface area (Å²) in [6, 6.07) is 0. The van der Waals surface area contributed by atoms with Gasteiger partial charge in [-0.05, 0) is 0 Å². The SMILES string of the molecule is [Na+].[Na+].[O-][B]O[O-]. The van der Waals surface area contributed by atoms with E-state index in [-0.39, 0.29) is 66.8 Å². The van der Waals surface area contributed by atoms with Gasteiger partial charge in [0.25, 0.3) is 0 Å². The fourth-order valence-electron chi connectivity index (χ4n) is 0. The summed E-state index contributed by atoms with van der Waals surface area (Å²) in [7, 11) is -0.181. The molecule has 0 rings (SSSR count). The smallest absolute Gasteiger partial charge is 0.862 e. The number of hydrogen-bond donors (Lipinski definition) is 0. The molecule has 0 aromatic rings. The fourth-order valence-corrected chi connectivity index (χ4v) is 0. The van der Waals surface area contributed by atoms with Crippen molar-refractivity contribution in [1.29, 1.82) is 0 Å². The molecule has 0 aliphatic heterocycles. The van der Waals surface area contributed by atoms with Crippen LogP contribution < -0.4 is 69.4 Å². The number of rotatable bonds is 1. The molecule has 0 saturated carbocycles. The van der Waals surface area contributed by atoms with E-state index < -0.39 is 0 Å². The molecule has 3 nitrogen and oxygen atoms in total. The zero-order valence-electron chi connectivity index (χ0n) is 3.80. The van der Waals surface area contributed by atoms with E-state index in [9.17, 15) is 0 Å². The van der Waals surface area contributed by atoms with Crippen LogP contribution in [0.4, 0.5) is 0 Å². The Balaban J connectivity index is -0.0000000450. The average molecular weight is 105 g/mol. The molecule has 0 N–H and O–H groups in total. The van der Waals surface area contributed by atoms with Gasteiger partial charge in [-0.1, -0.05) is 0 Å². The van der Waals surface area contributed by atoms with Crippen molar-refractivity contribution >= 4 is 7.69 Å². The summed E-state index contributed by atoms with van der Waals surface area (Å²) >= 11 is 0. The Hall–Kier alpha value is 1.94. The van der Waals surface area contributed by atoms with Crippen molar-refractivity contribution in [3.63, 3.8) is 0 Å². The van der Waals surface area contributed by atoms with Crippen LogP contribution in [0.15, 0.2) is 0 Å². The molecule has 1 radical (unpaired) electrons. The van der Waals surface area contributed by atoms with Gasteiger partial charge in [-0.3, -0.25) is 0 Å². The minimum absolute atomic E-state index is 0. The molecule has 0 atom stereocenters. The maximum absolute atomic E-state index is 8.64. The summed E-state index contributed by atoms with van der Waals surface area (Å²) in [4.78, 5) is 2.61. The molecule has 0 amide bonds. The first-order valence-electron chi connectivity index (χ1n) is 0.638. The van der Waals surface area contributed by atoms with Gasteiger partial charge in [0.2, 0.25) is 0 Å². The standard InChI is InChI=1S/BHO3.2Na/c2-1-4-3;;/h3H;;/q-1;2*+1/p-1. The Morgan fingerprint density at radius 3 is 1.50 bits per heavy atom. The van der Waals surface area contributed by atoms with E-state index in [2.05, 4.69) is 4.81 Å². The zero-order chi connectivity index (χ0) is 3.41. The zero-order valence-corrected chi connectivity index (χ0v) is 7.80. The molecule has 0 unspecified atom stereocenters. The number of hydrogen-bond acceptors (Lipinski definition) is 3. The van der Waals surface area contributed by atoms with Crippen molar-refractivity contribution in [2.45, 2.75) is 0 Å². The van der Waals surface area contributed by atoms with Crippen molar-refractivity contribution < 1.29 is 74.2 Å². The second-order valence-corrected chi connectivity index (χ2v) is 0.192. The molecule has 0 spiro atoms. The van der Waals surface area contributed by atoms with E-state index in [0.717, 1.165) is 0 Å². The normalized spacial score (nSPS) is 4.33.